The molecule has 4 N–H and O–H groups in total. The number of primary amides is 1. The van der Waals surface area contributed by atoms with Crippen molar-refractivity contribution in [3.05, 3.63) is 28.2 Å². The molecule has 7 heteroatoms. The van der Waals surface area contributed by atoms with Crippen molar-refractivity contribution in [2.45, 2.75) is 12.8 Å². The number of nitrogens with one attached hydrogen (secondary N) is 2. The second kappa shape index (κ2) is 7.11. The van der Waals surface area contributed by atoms with E-state index in [0.29, 0.717) is 28.8 Å². The summed E-state index contributed by atoms with van der Waals surface area (Å²) in [6.45, 7) is 1.77. The van der Waals surface area contributed by atoms with Gasteiger partial charge in [0.1, 0.15) is 0 Å². The first-order valence-corrected chi connectivity index (χ1v) is 7.59. The molecule has 0 radical (unpaired) electrons. The molecular formula is C14H18Cl2N3O2+. The van der Waals surface area contributed by atoms with E-state index in [-0.39, 0.29) is 17.7 Å². The third-order valence-corrected chi connectivity index (χ3v) is 4.18. The number of carbonyl (C=O) groups is 2. The van der Waals surface area contributed by atoms with Crippen LogP contribution in [0.2, 0.25) is 10.0 Å². The summed E-state index contributed by atoms with van der Waals surface area (Å²) in [5.41, 5.74) is 5.87. The van der Waals surface area contributed by atoms with Gasteiger partial charge in [0, 0.05) is 5.02 Å². The van der Waals surface area contributed by atoms with E-state index < -0.39 is 0 Å². The molecule has 2 rings (SSSR count). The van der Waals surface area contributed by atoms with Crippen molar-refractivity contribution in [3.8, 4) is 0 Å². The summed E-state index contributed by atoms with van der Waals surface area (Å²) in [4.78, 5) is 24.3. The van der Waals surface area contributed by atoms with Crippen molar-refractivity contribution in [3.63, 3.8) is 0 Å². The molecule has 1 aromatic carbocycles. The Balaban J connectivity index is 1.91. The molecular weight excluding hydrogens is 313 g/mol. The first-order valence-electron chi connectivity index (χ1n) is 6.83. The highest BCUT2D eigenvalue weighted by molar-refractivity contribution is 6.36. The number of hydrogen-bond donors (Lipinski definition) is 3. The van der Waals surface area contributed by atoms with Gasteiger partial charge in [0.25, 0.3) is 5.91 Å². The van der Waals surface area contributed by atoms with Crippen LogP contribution in [0.3, 0.4) is 0 Å². The summed E-state index contributed by atoms with van der Waals surface area (Å²) >= 11 is 11.8. The number of quaternary nitrogens is 1. The van der Waals surface area contributed by atoms with Crippen LogP contribution in [0.1, 0.15) is 12.8 Å². The highest BCUT2D eigenvalue weighted by Gasteiger charge is 2.28. The second-order valence-electron chi connectivity index (χ2n) is 5.29. The Kier molecular flexibility index (Phi) is 5.45. The predicted octanol–water partition coefficient (Wildman–Crippen LogP) is 0.712. The van der Waals surface area contributed by atoms with Gasteiger partial charge in [0.05, 0.1) is 29.7 Å². The van der Waals surface area contributed by atoms with Crippen LogP contribution in [0.4, 0.5) is 5.69 Å². The molecule has 2 atom stereocenters. The van der Waals surface area contributed by atoms with Crippen LogP contribution in [0.25, 0.3) is 0 Å². The third kappa shape index (κ3) is 4.59. The SMILES string of the molecule is NC(=O)[C@H]1CCC[NH+](CC(=O)Nc2ccc(Cl)cc2Cl)C1. The highest BCUT2D eigenvalue weighted by Crippen LogP contribution is 2.25. The van der Waals surface area contributed by atoms with E-state index >= 15 is 0 Å². The molecule has 1 aliphatic heterocycles. The molecule has 1 aliphatic rings. The summed E-state index contributed by atoms with van der Waals surface area (Å²) < 4.78 is 0. The van der Waals surface area contributed by atoms with E-state index in [0.717, 1.165) is 24.3 Å². The Morgan fingerprint density at radius 2 is 2.14 bits per heavy atom. The molecule has 1 fully saturated rings. The van der Waals surface area contributed by atoms with Crippen LogP contribution >= 0.6 is 23.2 Å². The number of hydrogen-bond acceptors (Lipinski definition) is 2. The number of anilines is 1. The molecule has 5 nitrogen and oxygen atoms in total. The Morgan fingerprint density at radius 1 is 1.38 bits per heavy atom. The van der Waals surface area contributed by atoms with Gasteiger partial charge in [-0.3, -0.25) is 9.59 Å². The van der Waals surface area contributed by atoms with Crippen LogP contribution in [-0.4, -0.2) is 31.4 Å². The molecule has 114 valence electrons. The van der Waals surface area contributed by atoms with Crippen LogP contribution in [-0.2, 0) is 9.59 Å². The van der Waals surface area contributed by atoms with Gasteiger partial charge in [0.2, 0.25) is 5.91 Å². The average molecular weight is 331 g/mol. The Bertz CT molecular complexity index is 551. The fraction of sp³-hybridized carbons (Fsp3) is 0.429. The van der Waals surface area contributed by atoms with E-state index in [1.165, 1.54) is 0 Å². The van der Waals surface area contributed by atoms with Gasteiger partial charge in [-0.1, -0.05) is 23.2 Å². The first-order chi connectivity index (χ1) is 9.95. The van der Waals surface area contributed by atoms with E-state index in [9.17, 15) is 9.59 Å². The summed E-state index contributed by atoms with van der Waals surface area (Å²) in [5, 5.41) is 3.68. The zero-order valence-corrected chi connectivity index (χ0v) is 13.0. The van der Waals surface area contributed by atoms with Crippen molar-refractivity contribution >= 4 is 40.7 Å². The Hall–Kier alpha value is -1.30. The summed E-state index contributed by atoms with van der Waals surface area (Å²) in [6.07, 6.45) is 1.71. The number of benzene rings is 1. The van der Waals surface area contributed by atoms with Crippen LogP contribution < -0.4 is 16.0 Å². The zero-order valence-electron chi connectivity index (χ0n) is 11.5. The smallest absolute Gasteiger partial charge is 0.279 e. The van der Waals surface area contributed by atoms with Crippen molar-refractivity contribution in [1.29, 1.82) is 0 Å². The van der Waals surface area contributed by atoms with Crippen molar-refractivity contribution in [2.75, 3.05) is 25.0 Å². The number of halogens is 2. The lowest BCUT2D eigenvalue weighted by atomic mass is 9.97. The molecule has 0 spiro atoms. The molecule has 1 aromatic rings. The number of piperidine rings is 1. The normalized spacial score (nSPS) is 21.8. The molecule has 21 heavy (non-hydrogen) atoms. The lowest BCUT2D eigenvalue weighted by Crippen LogP contribution is -3.14. The van der Waals surface area contributed by atoms with Crippen molar-refractivity contribution in [1.82, 2.24) is 0 Å². The lowest BCUT2D eigenvalue weighted by Gasteiger charge is -2.27. The maximum atomic E-state index is 12.1. The average Bonchev–Trinajstić information content (AvgIpc) is 2.42. The van der Waals surface area contributed by atoms with E-state index in [1.807, 2.05) is 0 Å². The number of amides is 2. The zero-order chi connectivity index (χ0) is 15.4. The molecule has 0 bridgehead atoms. The number of carbonyl (C=O) groups excluding carboxylic acids is 2. The summed E-state index contributed by atoms with van der Waals surface area (Å²) in [5.74, 6) is -0.562. The lowest BCUT2D eigenvalue weighted by molar-refractivity contribution is -0.899. The molecule has 2 amide bonds. The van der Waals surface area contributed by atoms with E-state index in [2.05, 4.69) is 5.32 Å². The largest absolute Gasteiger partial charge is 0.369 e. The Morgan fingerprint density at radius 3 is 2.81 bits per heavy atom. The maximum absolute atomic E-state index is 12.1. The fourth-order valence-electron chi connectivity index (χ4n) is 2.57. The van der Waals surface area contributed by atoms with E-state index in [4.69, 9.17) is 28.9 Å². The van der Waals surface area contributed by atoms with Gasteiger partial charge in [-0.05, 0) is 31.0 Å². The number of nitrogens with two attached hydrogens (primary N) is 1. The minimum atomic E-state index is -0.284. The van der Waals surface area contributed by atoms with Crippen LogP contribution in [0, 0.1) is 5.92 Å². The third-order valence-electron chi connectivity index (χ3n) is 3.64. The topological polar surface area (TPSA) is 76.6 Å². The van der Waals surface area contributed by atoms with Gasteiger partial charge in [-0.25, -0.2) is 0 Å². The molecule has 1 saturated heterocycles. The van der Waals surface area contributed by atoms with Crippen LogP contribution in [0.5, 0.6) is 0 Å². The van der Waals surface area contributed by atoms with Gasteiger partial charge < -0.3 is 16.0 Å². The molecule has 1 heterocycles. The quantitative estimate of drug-likeness (QED) is 0.760. The minimum absolute atomic E-state index is 0.138. The minimum Gasteiger partial charge on any atom is -0.369 e. The predicted molar refractivity (Wildman–Crippen MR) is 82.6 cm³/mol. The standard InChI is InChI=1S/C14H17Cl2N3O2/c15-10-3-4-12(11(16)6-10)18-13(20)8-19-5-1-2-9(7-19)14(17)21/h3-4,6,9H,1-2,5,7-8H2,(H2,17,21)(H,18,20)/p+1/t9-/m0/s1. The summed E-state index contributed by atoms with van der Waals surface area (Å²) in [7, 11) is 0. The summed E-state index contributed by atoms with van der Waals surface area (Å²) in [6, 6.07) is 4.91. The van der Waals surface area contributed by atoms with Gasteiger partial charge in [-0.15, -0.1) is 0 Å². The van der Waals surface area contributed by atoms with Crippen molar-refractivity contribution < 1.29 is 14.5 Å². The Labute approximate surface area is 133 Å². The monoisotopic (exact) mass is 330 g/mol. The van der Waals surface area contributed by atoms with Gasteiger partial charge in [-0.2, -0.15) is 0 Å². The molecule has 0 aliphatic carbocycles. The fourth-order valence-corrected chi connectivity index (χ4v) is 3.02. The maximum Gasteiger partial charge on any atom is 0.279 e. The molecule has 0 aromatic heterocycles. The van der Waals surface area contributed by atoms with Gasteiger partial charge in [0.15, 0.2) is 6.54 Å². The molecule has 0 saturated carbocycles. The number of rotatable bonds is 4. The number of likely N-dealkylation sites (tertiary alicyclic amines) is 1. The highest BCUT2D eigenvalue weighted by atomic mass is 35.5. The van der Waals surface area contributed by atoms with Crippen molar-refractivity contribution in [2.24, 2.45) is 11.7 Å². The first kappa shape index (κ1) is 16.1. The second-order valence-corrected chi connectivity index (χ2v) is 6.14. The van der Waals surface area contributed by atoms with Crippen LogP contribution in [0.15, 0.2) is 18.2 Å². The van der Waals surface area contributed by atoms with Gasteiger partial charge >= 0.3 is 0 Å². The molecule has 1 unspecified atom stereocenters. The van der Waals surface area contributed by atoms with E-state index in [1.54, 1.807) is 18.2 Å².